The Hall–Kier alpha value is -1.71. The van der Waals surface area contributed by atoms with Gasteiger partial charge in [0, 0.05) is 0 Å². The quantitative estimate of drug-likeness (QED) is 0.808. The molecule has 1 N–H and O–H groups in total. The van der Waals surface area contributed by atoms with Crippen LogP contribution in [0.15, 0.2) is 24.3 Å². The highest BCUT2D eigenvalue weighted by Crippen LogP contribution is 2.28. The van der Waals surface area contributed by atoms with Gasteiger partial charge in [0.25, 0.3) is 0 Å². The summed E-state index contributed by atoms with van der Waals surface area (Å²) in [6.07, 6.45) is 0. The van der Waals surface area contributed by atoms with E-state index in [4.69, 9.17) is 0 Å². The van der Waals surface area contributed by atoms with Gasteiger partial charge >= 0.3 is 0 Å². The van der Waals surface area contributed by atoms with Crippen LogP contribution in [0.1, 0.15) is 30.8 Å². The van der Waals surface area contributed by atoms with Crippen LogP contribution in [0.3, 0.4) is 0 Å². The van der Waals surface area contributed by atoms with Gasteiger partial charge in [-0.05, 0) is 26.3 Å². The number of hydrogen-bond acceptors (Lipinski definition) is 3. The Kier molecular flexibility index (Phi) is 2.26. The molecule has 1 aromatic carbocycles. The highest BCUT2D eigenvalue weighted by atomic mass is 15.5. The number of nitrogens with one attached hydrogen (secondary N) is 1. The van der Waals surface area contributed by atoms with Crippen molar-refractivity contribution in [3.8, 4) is 0 Å². The van der Waals surface area contributed by atoms with E-state index in [1.807, 2.05) is 6.07 Å². The van der Waals surface area contributed by atoms with Gasteiger partial charge in [0.05, 0.1) is 5.41 Å². The van der Waals surface area contributed by atoms with E-state index in [0.717, 1.165) is 0 Å². The number of aromatic nitrogens is 4. The molecule has 0 spiro atoms. The summed E-state index contributed by atoms with van der Waals surface area (Å²) in [6, 6.07) is 8.36. The zero-order valence-corrected chi connectivity index (χ0v) is 9.15. The lowest BCUT2D eigenvalue weighted by atomic mass is 9.83. The minimum Gasteiger partial charge on any atom is -0.177 e. The van der Waals surface area contributed by atoms with Crippen molar-refractivity contribution in [2.24, 2.45) is 0 Å². The summed E-state index contributed by atoms with van der Waals surface area (Å²) in [6.45, 7) is 6.26. The number of aryl methyl sites for hydroxylation is 1. The van der Waals surface area contributed by atoms with Crippen LogP contribution in [0.4, 0.5) is 0 Å². The Morgan fingerprint density at radius 2 is 2.07 bits per heavy atom. The molecule has 15 heavy (non-hydrogen) atoms. The Balaban J connectivity index is 2.46. The molecule has 0 unspecified atom stereocenters. The number of H-pyrrole nitrogens is 1. The largest absolute Gasteiger partial charge is 0.184 e. The average Bonchev–Trinajstić information content (AvgIpc) is 2.71. The van der Waals surface area contributed by atoms with E-state index in [1.54, 1.807) is 0 Å². The molecule has 2 aromatic rings. The van der Waals surface area contributed by atoms with E-state index in [9.17, 15) is 0 Å². The maximum Gasteiger partial charge on any atom is 0.184 e. The van der Waals surface area contributed by atoms with Crippen molar-refractivity contribution < 1.29 is 0 Å². The Morgan fingerprint density at radius 1 is 1.27 bits per heavy atom. The normalized spacial score (nSPS) is 11.7. The Morgan fingerprint density at radius 3 is 2.67 bits per heavy atom. The summed E-state index contributed by atoms with van der Waals surface area (Å²) < 4.78 is 0. The predicted molar refractivity (Wildman–Crippen MR) is 57.5 cm³/mol. The molecule has 0 aliphatic carbocycles. The van der Waals surface area contributed by atoms with Gasteiger partial charge in [-0.1, -0.05) is 35.0 Å². The van der Waals surface area contributed by atoms with Crippen molar-refractivity contribution in [3.63, 3.8) is 0 Å². The standard InChI is InChI=1S/C11H14N4/c1-8-5-4-6-9(7-8)11(2,3)10-12-14-15-13-10/h4-7H,1-3H3,(H,12,13,14,15). The topological polar surface area (TPSA) is 54.5 Å². The lowest BCUT2D eigenvalue weighted by molar-refractivity contribution is 0.591. The van der Waals surface area contributed by atoms with E-state index in [0.29, 0.717) is 5.82 Å². The zero-order chi connectivity index (χ0) is 10.9. The van der Waals surface area contributed by atoms with Crippen LogP contribution in [-0.2, 0) is 5.41 Å². The maximum atomic E-state index is 4.05. The van der Waals surface area contributed by atoms with Gasteiger partial charge in [-0.25, -0.2) is 0 Å². The molecule has 0 bridgehead atoms. The molecule has 0 fully saturated rings. The van der Waals surface area contributed by atoms with E-state index in [-0.39, 0.29) is 5.41 Å². The maximum absolute atomic E-state index is 4.05. The van der Waals surface area contributed by atoms with Gasteiger partial charge in [-0.2, -0.15) is 5.21 Å². The van der Waals surface area contributed by atoms with Gasteiger partial charge < -0.3 is 0 Å². The number of rotatable bonds is 2. The first kappa shape index (κ1) is 9.83. The fourth-order valence-corrected chi connectivity index (χ4v) is 1.59. The number of tetrazole rings is 1. The summed E-state index contributed by atoms with van der Waals surface area (Å²) in [7, 11) is 0. The average molecular weight is 202 g/mol. The van der Waals surface area contributed by atoms with Crippen LogP contribution in [0.25, 0.3) is 0 Å². The Bertz CT molecular complexity index is 445. The van der Waals surface area contributed by atoms with Gasteiger partial charge in [0.2, 0.25) is 0 Å². The first-order valence-electron chi connectivity index (χ1n) is 4.92. The fraction of sp³-hybridized carbons (Fsp3) is 0.364. The summed E-state index contributed by atoms with van der Waals surface area (Å²) >= 11 is 0. The summed E-state index contributed by atoms with van der Waals surface area (Å²) in [5.74, 6) is 0.716. The van der Waals surface area contributed by atoms with Crippen LogP contribution in [0, 0.1) is 6.92 Å². The molecule has 0 amide bonds. The van der Waals surface area contributed by atoms with E-state index < -0.39 is 0 Å². The van der Waals surface area contributed by atoms with Crippen LogP contribution in [-0.4, -0.2) is 20.6 Å². The molecular formula is C11H14N4. The monoisotopic (exact) mass is 202 g/mol. The van der Waals surface area contributed by atoms with Crippen molar-refractivity contribution in [1.82, 2.24) is 20.6 Å². The van der Waals surface area contributed by atoms with Crippen LogP contribution < -0.4 is 0 Å². The summed E-state index contributed by atoms with van der Waals surface area (Å²) in [5, 5.41) is 14.2. The number of hydrogen-bond donors (Lipinski definition) is 1. The molecular weight excluding hydrogens is 188 g/mol. The van der Waals surface area contributed by atoms with Crippen LogP contribution >= 0.6 is 0 Å². The van der Waals surface area contributed by atoms with Gasteiger partial charge in [-0.15, -0.1) is 10.2 Å². The molecule has 4 heteroatoms. The van der Waals surface area contributed by atoms with Crippen LogP contribution in [0.2, 0.25) is 0 Å². The smallest absolute Gasteiger partial charge is 0.177 e. The zero-order valence-electron chi connectivity index (χ0n) is 9.15. The lowest BCUT2D eigenvalue weighted by Crippen LogP contribution is -2.21. The molecule has 0 saturated carbocycles. The fourth-order valence-electron chi connectivity index (χ4n) is 1.59. The van der Waals surface area contributed by atoms with Crippen molar-refractivity contribution in [2.75, 3.05) is 0 Å². The SMILES string of the molecule is Cc1cccc(C(C)(C)c2nn[nH]n2)c1. The minimum atomic E-state index is -0.209. The summed E-state index contributed by atoms with van der Waals surface area (Å²) in [5.41, 5.74) is 2.23. The highest BCUT2D eigenvalue weighted by molar-refractivity contribution is 5.33. The molecule has 1 heterocycles. The molecule has 0 atom stereocenters. The number of nitrogens with zero attached hydrogens (tertiary/aromatic N) is 3. The molecule has 0 aliphatic rings. The van der Waals surface area contributed by atoms with E-state index in [2.05, 4.69) is 59.6 Å². The third kappa shape index (κ3) is 1.75. The molecule has 1 aromatic heterocycles. The molecule has 0 radical (unpaired) electrons. The van der Waals surface area contributed by atoms with Gasteiger partial charge in [0.15, 0.2) is 5.82 Å². The molecule has 2 rings (SSSR count). The van der Waals surface area contributed by atoms with Crippen molar-refractivity contribution in [2.45, 2.75) is 26.2 Å². The van der Waals surface area contributed by atoms with Gasteiger partial charge in [0.1, 0.15) is 0 Å². The number of aromatic amines is 1. The summed E-state index contributed by atoms with van der Waals surface area (Å²) in [4.78, 5) is 0. The molecule has 0 aliphatic heterocycles. The predicted octanol–water partition coefficient (Wildman–Crippen LogP) is 1.83. The van der Waals surface area contributed by atoms with E-state index in [1.165, 1.54) is 11.1 Å². The molecule has 0 saturated heterocycles. The van der Waals surface area contributed by atoms with Crippen molar-refractivity contribution in [1.29, 1.82) is 0 Å². The van der Waals surface area contributed by atoms with E-state index >= 15 is 0 Å². The highest BCUT2D eigenvalue weighted by Gasteiger charge is 2.27. The molecule has 78 valence electrons. The van der Waals surface area contributed by atoms with Crippen molar-refractivity contribution >= 4 is 0 Å². The number of benzene rings is 1. The minimum absolute atomic E-state index is 0.209. The Labute approximate surface area is 88.7 Å². The first-order chi connectivity index (χ1) is 7.10. The third-order valence-corrected chi connectivity index (χ3v) is 2.64. The second-order valence-electron chi connectivity index (χ2n) is 4.23. The van der Waals surface area contributed by atoms with Crippen molar-refractivity contribution in [3.05, 3.63) is 41.2 Å². The van der Waals surface area contributed by atoms with Crippen LogP contribution in [0.5, 0.6) is 0 Å². The second kappa shape index (κ2) is 3.46. The third-order valence-electron chi connectivity index (χ3n) is 2.64. The van der Waals surface area contributed by atoms with Gasteiger partial charge in [-0.3, -0.25) is 0 Å². The molecule has 4 nitrogen and oxygen atoms in total. The second-order valence-corrected chi connectivity index (χ2v) is 4.23. The first-order valence-corrected chi connectivity index (χ1v) is 4.92. The lowest BCUT2D eigenvalue weighted by Gasteiger charge is -2.21.